The quantitative estimate of drug-likeness (QED) is 0.888. The fourth-order valence-electron chi connectivity index (χ4n) is 1.58. The van der Waals surface area contributed by atoms with Gasteiger partial charge in [-0.15, -0.1) is 11.3 Å². The number of hydrogen-bond donors (Lipinski definition) is 2. The van der Waals surface area contributed by atoms with E-state index in [1.54, 1.807) is 18.2 Å². The maximum absolute atomic E-state index is 13.6. The molecule has 1 aromatic heterocycles. The molecule has 106 valence electrons. The number of aromatic nitrogens is 1. The molecular weight excluding hydrogens is 277 g/mol. The lowest BCUT2D eigenvalue weighted by molar-refractivity contribution is 0.0952. The van der Waals surface area contributed by atoms with Gasteiger partial charge < -0.3 is 11.1 Å². The van der Waals surface area contributed by atoms with E-state index in [0.717, 1.165) is 0 Å². The SMILES string of the molecule is CC(CN)CNC(=O)c1cnc(-c2ccccc2F)s1. The van der Waals surface area contributed by atoms with Crippen molar-refractivity contribution in [3.63, 3.8) is 0 Å². The van der Waals surface area contributed by atoms with Crippen LogP contribution < -0.4 is 11.1 Å². The number of nitrogens with zero attached hydrogens (tertiary/aromatic N) is 1. The van der Waals surface area contributed by atoms with Crippen LogP contribution in [0.4, 0.5) is 4.39 Å². The third kappa shape index (κ3) is 3.40. The zero-order valence-corrected chi connectivity index (χ0v) is 11.9. The van der Waals surface area contributed by atoms with Gasteiger partial charge in [-0.25, -0.2) is 9.37 Å². The van der Waals surface area contributed by atoms with Crippen LogP contribution in [0.5, 0.6) is 0 Å². The van der Waals surface area contributed by atoms with Crippen molar-refractivity contribution in [2.24, 2.45) is 11.7 Å². The number of hydrogen-bond acceptors (Lipinski definition) is 4. The minimum atomic E-state index is -0.342. The normalized spacial score (nSPS) is 12.2. The van der Waals surface area contributed by atoms with Gasteiger partial charge >= 0.3 is 0 Å². The molecule has 0 aliphatic carbocycles. The van der Waals surface area contributed by atoms with Crippen LogP contribution in [-0.2, 0) is 0 Å². The predicted molar refractivity (Wildman–Crippen MR) is 78.1 cm³/mol. The molecule has 0 bridgehead atoms. The van der Waals surface area contributed by atoms with Gasteiger partial charge in [0.1, 0.15) is 15.7 Å². The molecule has 1 amide bonds. The minimum absolute atomic E-state index is 0.203. The molecule has 0 aliphatic heterocycles. The summed E-state index contributed by atoms with van der Waals surface area (Å²) in [5.74, 6) is -0.325. The zero-order valence-electron chi connectivity index (χ0n) is 11.1. The lowest BCUT2D eigenvalue weighted by atomic mass is 10.2. The van der Waals surface area contributed by atoms with Crippen molar-refractivity contribution in [1.82, 2.24) is 10.3 Å². The van der Waals surface area contributed by atoms with E-state index in [1.165, 1.54) is 23.6 Å². The van der Waals surface area contributed by atoms with Gasteiger partial charge in [0.25, 0.3) is 5.91 Å². The first-order valence-corrected chi connectivity index (χ1v) is 7.12. The molecule has 1 aromatic carbocycles. The Morgan fingerprint density at radius 1 is 1.50 bits per heavy atom. The second-order valence-electron chi connectivity index (χ2n) is 4.56. The molecule has 0 saturated heterocycles. The molecular formula is C14H16FN3OS. The summed E-state index contributed by atoms with van der Waals surface area (Å²) in [6.45, 7) is 2.99. The van der Waals surface area contributed by atoms with Crippen LogP contribution in [0.2, 0.25) is 0 Å². The summed E-state index contributed by atoms with van der Waals surface area (Å²) >= 11 is 1.17. The minimum Gasteiger partial charge on any atom is -0.351 e. The summed E-state index contributed by atoms with van der Waals surface area (Å²) in [5, 5.41) is 3.29. The summed E-state index contributed by atoms with van der Waals surface area (Å²) in [6, 6.07) is 6.38. The Morgan fingerprint density at radius 2 is 2.25 bits per heavy atom. The van der Waals surface area contributed by atoms with Gasteiger partial charge in [0, 0.05) is 12.1 Å². The number of benzene rings is 1. The van der Waals surface area contributed by atoms with Crippen molar-refractivity contribution in [1.29, 1.82) is 0 Å². The van der Waals surface area contributed by atoms with Gasteiger partial charge in [-0.05, 0) is 24.6 Å². The van der Waals surface area contributed by atoms with Crippen LogP contribution in [-0.4, -0.2) is 24.0 Å². The van der Waals surface area contributed by atoms with Crippen LogP contribution in [0.3, 0.4) is 0 Å². The van der Waals surface area contributed by atoms with Gasteiger partial charge in [0.15, 0.2) is 0 Å². The van der Waals surface area contributed by atoms with Crippen molar-refractivity contribution in [2.75, 3.05) is 13.1 Å². The maximum Gasteiger partial charge on any atom is 0.263 e. The van der Waals surface area contributed by atoms with Crippen molar-refractivity contribution < 1.29 is 9.18 Å². The summed E-state index contributed by atoms with van der Waals surface area (Å²) in [4.78, 5) is 16.5. The second kappa shape index (κ2) is 6.58. The highest BCUT2D eigenvalue weighted by atomic mass is 32.1. The molecule has 0 aliphatic rings. The number of carbonyl (C=O) groups excluding carboxylic acids is 1. The average molecular weight is 293 g/mol. The van der Waals surface area contributed by atoms with Crippen molar-refractivity contribution in [3.05, 3.63) is 41.2 Å². The highest BCUT2D eigenvalue weighted by molar-refractivity contribution is 7.16. The first-order chi connectivity index (χ1) is 9.61. The number of halogens is 1. The molecule has 0 spiro atoms. The predicted octanol–water partition coefficient (Wildman–Crippen LogP) is 2.27. The van der Waals surface area contributed by atoms with E-state index < -0.39 is 0 Å². The topological polar surface area (TPSA) is 68.0 Å². The second-order valence-corrected chi connectivity index (χ2v) is 5.59. The Bertz CT molecular complexity index is 600. The van der Waals surface area contributed by atoms with E-state index in [1.807, 2.05) is 6.92 Å². The highest BCUT2D eigenvalue weighted by Crippen LogP contribution is 2.27. The van der Waals surface area contributed by atoms with Gasteiger partial charge in [0.05, 0.1) is 6.20 Å². The highest BCUT2D eigenvalue weighted by Gasteiger charge is 2.14. The molecule has 0 saturated carbocycles. The van der Waals surface area contributed by atoms with E-state index in [9.17, 15) is 9.18 Å². The van der Waals surface area contributed by atoms with Crippen LogP contribution in [0.15, 0.2) is 30.5 Å². The Balaban J connectivity index is 2.09. The number of rotatable bonds is 5. The van der Waals surface area contributed by atoms with Crippen molar-refractivity contribution in [3.8, 4) is 10.6 Å². The Labute approximate surface area is 120 Å². The monoisotopic (exact) mass is 293 g/mol. The average Bonchev–Trinajstić information content (AvgIpc) is 2.94. The van der Waals surface area contributed by atoms with Gasteiger partial charge in [-0.2, -0.15) is 0 Å². The summed E-state index contributed by atoms with van der Waals surface area (Å²) < 4.78 is 13.6. The molecule has 2 rings (SSSR count). The largest absolute Gasteiger partial charge is 0.351 e. The molecule has 1 atom stereocenters. The Morgan fingerprint density at radius 3 is 2.95 bits per heavy atom. The number of nitrogens with two attached hydrogens (primary N) is 1. The first kappa shape index (κ1) is 14.6. The van der Waals surface area contributed by atoms with Gasteiger partial charge in [-0.3, -0.25) is 4.79 Å². The third-order valence-corrected chi connectivity index (χ3v) is 3.88. The molecule has 2 aromatic rings. The summed E-state index contributed by atoms with van der Waals surface area (Å²) in [7, 11) is 0. The van der Waals surface area contributed by atoms with Crippen LogP contribution in [0, 0.1) is 11.7 Å². The lowest BCUT2D eigenvalue weighted by Gasteiger charge is -2.08. The molecule has 4 nitrogen and oxygen atoms in total. The molecule has 6 heteroatoms. The fourth-order valence-corrected chi connectivity index (χ4v) is 2.44. The van der Waals surface area contributed by atoms with Crippen molar-refractivity contribution in [2.45, 2.75) is 6.92 Å². The fraction of sp³-hybridized carbons (Fsp3) is 0.286. The first-order valence-electron chi connectivity index (χ1n) is 6.30. The molecule has 1 unspecified atom stereocenters. The number of nitrogens with one attached hydrogen (secondary N) is 1. The van der Waals surface area contributed by atoms with Gasteiger partial charge in [-0.1, -0.05) is 19.1 Å². The Kier molecular flexibility index (Phi) is 4.81. The third-order valence-electron chi connectivity index (χ3n) is 2.85. The van der Waals surface area contributed by atoms with Gasteiger partial charge in [0.2, 0.25) is 0 Å². The van der Waals surface area contributed by atoms with Crippen LogP contribution in [0.25, 0.3) is 10.6 Å². The Hall–Kier alpha value is -1.79. The van der Waals surface area contributed by atoms with Crippen LogP contribution in [0.1, 0.15) is 16.6 Å². The smallest absolute Gasteiger partial charge is 0.263 e. The lowest BCUT2D eigenvalue weighted by Crippen LogP contribution is -2.30. The number of thiazole rings is 1. The van der Waals surface area contributed by atoms with E-state index in [0.29, 0.717) is 28.5 Å². The maximum atomic E-state index is 13.6. The van der Waals surface area contributed by atoms with Crippen LogP contribution >= 0.6 is 11.3 Å². The van der Waals surface area contributed by atoms with E-state index in [4.69, 9.17) is 5.73 Å². The summed E-state index contributed by atoms with van der Waals surface area (Å²) in [6.07, 6.45) is 1.47. The van der Waals surface area contributed by atoms with Crippen molar-refractivity contribution >= 4 is 17.2 Å². The van der Waals surface area contributed by atoms with E-state index in [2.05, 4.69) is 10.3 Å². The molecule has 1 heterocycles. The number of amides is 1. The van der Waals surface area contributed by atoms with E-state index in [-0.39, 0.29) is 17.6 Å². The summed E-state index contributed by atoms with van der Waals surface area (Å²) in [5.41, 5.74) is 5.90. The molecule has 3 N–H and O–H groups in total. The molecule has 0 radical (unpaired) electrons. The molecule has 0 fully saturated rings. The number of carbonyl (C=O) groups is 1. The standard InChI is InChI=1S/C14H16FN3OS/c1-9(6-16)7-17-13(19)12-8-18-14(20-12)10-4-2-3-5-11(10)15/h2-5,8-9H,6-7,16H2,1H3,(H,17,19). The zero-order chi connectivity index (χ0) is 14.5. The van der Waals surface area contributed by atoms with E-state index >= 15 is 0 Å². The molecule has 20 heavy (non-hydrogen) atoms.